The lowest BCUT2D eigenvalue weighted by molar-refractivity contribution is 0.749. The van der Waals surface area contributed by atoms with Gasteiger partial charge in [-0.3, -0.25) is 0 Å². The lowest BCUT2D eigenvalue weighted by Crippen LogP contribution is -2.09. The van der Waals surface area contributed by atoms with Crippen LogP contribution in [-0.4, -0.2) is 0 Å². The van der Waals surface area contributed by atoms with Crippen LogP contribution in [-0.2, 0) is 6.42 Å². The van der Waals surface area contributed by atoms with Crippen molar-refractivity contribution in [3.05, 3.63) is 89.0 Å². The van der Waals surface area contributed by atoms with Crippen LogP contribution >= 0.6 is 11.6 Å². The Hall–Kier alpha value is -2.75. The summed E-state index contributed by atoms with van der Waals surface area (Å²) >= 11 is 6.24. The summed E-state index contributed by atoms with van der Waals surface area (Å²) in [5, 5.41) is 0.665. The van der Waals surface area contributed by atoms with E-state index in [0.29, 0.717) is 16.5 Å². The fourth-order valence-electron chi connectivity index (χ4n) is 3.97. The average Bonchev–Trinajstić information content (AvgIpc) is 2.67. The van der Waals surface area contributed by atoms with Crippen molar-refractivity contribution in [1.29, 1.82) is 0 Å². The largest absolute Gasteiger partial charge is 0.115 e. The molecule has 0 nitrogen and oxygen atoms in total. The molecule has 0 heterocycles. The highest BCUT2D eigenvalue weighted by Gasteiger charge is 2.25. The Morgan fingerprint density at radius 2 is 1.81 bits per heavy atom. The number of terminal acetylenes is 1. The molecule has 1 aliphatic carbocycles. The number of halogens is 1. The zero-order valence-corrected chi connectivity index (χ0v) is 15.5. The Balaban J connectivity index is 2.05. The van der Waals surface area contributed by atoms with E-state index in [1.807, 2.05) is 12.1 Å². The lowest BCUT2D eigenvalue weighted by atomic mass is 9.76. The van der Waals surface area contributed by atoms with E-state index < -0.39 is 0 Å². The van der Waals surface area contributed by atoms with Crippen LogP contribution < -0.4 is 0 Å². The van der Waals surface area contributed by atoms with Gasteiger partial charge in [-0.15, -0.1) is 6.42 Å². The smallest absolute Gasteiger partial charge is 0.0412 e. The molecule has 26 heavy (non-hydrogen) atoms. The van der Waals surface area contributed by atoms with Gasteiger partial charge >= 0.3 is 0 Å². The third-order valence-electron chi connectivity index (χ3n) is 5.21. The molecule has 0 spiro atoms. The Morgan fingerprint density at radius 1 is 1.04 bits per heavy atom. The highest BCUT2D eigenvalue weighted by molar-refractivity contribution is 6.31. The van der Waals surface area contributed by atoms with Gasteiger partial charge in [-0.1, -0.05) is 79.6 Å². The van der Waals surface area contributed by atoms with Gasteiger partial charge in [0.1, 0.15) is 0 Å². The molecule has 3 aromatic rings. The summed E-state index contributed by atoms with van der Waals surface area (Å²) < 4.78 is 0. The van der Waals surface area contributed by atoms with Crippen LogP contribution in [0.15, 0.2) is 67.2 Å². The molecular weight excluding hydrogens is 336 g/mol. The molecule has 0 fully saturated rings. The topological polar surface area (TPSA) is 0 Å². The molecule has 0 aromatic heterocycles. The second-order valence-electron chi connectivity index (χ2n) is 6.84. The molecule has 0 saturated carbocycles. The quantitative estimate of drug-likeness (QED) is 0.435. The normalized spacial score (nSPS) is 14.9. The van der Waals surface area contributed by atoms with Crippen molar-refractivity contribution in [3.8, 4) is 34.6 Å². The van der Waals surface area contributed by atoms with Crippen molar-refractivity contribution in [3.63, 3.8) is 0 Å². The first-order valence-electron chi connectivity index (χ1n) is 8.77. The number of rotatable bonds is 2. The Labute approximate surface area is 160 Å². The van der Waals surface area contributed by atoms with E-state index in [0.717, 1.165) is 17.5 Å². The highest BCUT2D eigenvalue weighted by Crippen LogP contribution is 2.46. The Bertz CT molecular complexity index is 1070. The Kier molecular flexibility index (Phi) is 4.19. The van der Waals surface area contributed by atoms with Crippen LogP contribution in [0.3, 0.4) is 0 Å². The standard InChI is InChI=1S/C25H19Cl/c1-4-16(2)24-15-19(26)12-13-22(24)23-11-7-10-20-17(3)14-18-8-5-6-9-21(18)25(20)23/h1,5-13,15,17H,2,14H2,3H3. The van der Waals surface area contributed by atoms with Gasteiger partial charge in [0, 0.05) is 10.6 Å². The minimum atomic E-state index is 0.478. The van der Waals surface area contributed by atoms with Crippen molar-refractivity contribution in [2.45, 2.75) is 19.3 Å². The van der Waals surface area contributed by atoms with Gasteiger partial charge in [0.05, 0.1) is 0 Å². The van der Waals surface area contributed by atoms with Crippen molar-refractivity contribution >= 4 is 17.2 Å². The summed E-state index contributed by atoms with van der Waals surface area (Å²) in [5.74, 6) is 3.15. The molecule has 4 rings (SSSR count). The molecule has 1 heteroatoms. The second kappa shape index (κ2) is 6.52. The molecule has 0 amide bonds. The van der Waals surface area contributed by atoms with E-state index in [1.165, 1.54) is 27.8 Å². The Morgan fingerprint density at radius 3 is 2.62 bits per heavy atom. The first-order valence-corrected chi connectivity index (χ1v) is 9.15. The maximum atomic E-state index is 6.24. The minimum Gasteiger partial charge on any atom is -0.115 e. The molecule has 0 aliphatic heterocycles. The lowest BCUT2D eigenvalue weighted by Gasteiger charge is -2.28. The maximum absolute atomic E-state index is 6.24. The van der Waals surface area contributed by atoms with Gasteiger partial charge < -0.3 is 0 Å². The predicted octanol–water partition coefficient (Wildman–Crippen LogP) is 6.98. The van der Waals surface area contributed by atoms with Crippen molar-refractivity contribution in [1.82, 2.24) is 0 Å². The molecule has 1 unspecified atom stereocenters. The maximum Gasteiger partial charge on any atom is 0.0412 e. The summed E-state index contributed by atoms with van der Waals surface area (Å²) in [6.07, 6.45) is 6.71. The highest BCUT2D eigenvalue weighted by atomic mass is 35.5. The van der Waals surface area contributed by atoms with E-state index in [2.05, 4.69) is 68.0 Å². The number of benzene rings is 3. The summed E-state index contributed by atoms with van der Waals surface area (Å²) in [6, 6.07) is 21.1. The minimum absolute atomic E-state index is 0.478. The molecule has 126 valence electrons. The zero-order chi connectivity index (χ0) is 18.3. The van der Waals surface area contributed by atoms with Crippen LogP contribution in [0.1, 0.15) is 29.5 Å². The number of fused-ring (bicyclic) bond motifs is 3. The van der Waals surface area contributed by atoms with Gasteiger partial charge in [-0.25, -0.2) is 0 Å². The fraction of sp³-hybridized carbons (Fsp3) is 0.120. The van der Waals surface area contributed by atoms with Gasteiger partial charge in [-0.05, 0) is 63.4 Å². The SMILES string of the molecule is C#CC(=C)c1cc(Cl)ccc1-c1cccc2c1-c1ccccc1CC2C. The van der Waals surface area contributed by atoms with Gasteiger partial charge in [0.2, 0.25) is 0 Å². The van der Waals surface area contributed by atoms with Crippen LogP contribution in [0.4, 0.5) is 0 Å². The van der Waals surface area contributed by atoms with E-state index >= 15 is 0 Å². The second-order valence-corrected chi connectivity index (χ2v) is 7.28. The van der Waals surface area contributed by atoms with E-state index in [4.69, 9.17) is 18.0 Å². The van der Waals surface area contributed by atoms with E-state index in [-0.39, 0.29) is 0 Å². The van der Waals surface area contributed by atoms with Gasteiger partial charge in [-0.2, -0.15) is 0 Å². The van der Waals surface area contributed by atoms with Crippen LogP contribution in [0.2, 0.25) is 5.02 Å². The van der Waals surface area contributed by atoms with Gasteiger partial charge in [0.25, 0.3) is 0 Å². The molecule has 0 N–H and O–H groups in total. The van der Waals surface area contributed by atoms with Gasteiger partial charge in [0.15, 0.2) is 0 Å². The number of allylic oxidation sites excluding steroid dienone is 1. The summed E-state index contributed by atoms with van der Waals surface area (Å²) in [4.78, 5) is 0. The molecule has 0 radical (unpaired) electrons. The predicted molar refractivity (Wildman–Crippen MR) is 112 cm³/mol. The number of hydrogen-bond acceptors (Lipinski definition) is 0. The molecular formula is C25H19Cl. The fourth-order valence-corrected chi connectivity index (χ4v) is 4.14. The zero-order valence-electron chi connectivity index (χ0n) is 14.7. The summed E-state index contributed by atoms with van der Waals surface area (Å²) in [7, 11) is 0. The van der Waals surface area contributed by atoms with E-state index in [9.17, 15) is 0 Å². The summed E-state index contributed by atoms with van der Waals surface area (Å²) in [6.45, 7) is 6.34. The molecule has 0 saturated heterocycles. The monoisotopic (exact) mass is 354 g/mol. The molecule has 0 bridgehead atoms. The number of hydrogen-bond donors (Lipinski definition) is 0. The molecule has 1 aliphatic rings. The molecule has 1 atom stereocenters. The van der Waals surface area contributed by atoms with Crippen LogP contribution in [0.25, 0.3) is 27.8 Å². The summed E-state index contributed by atoms with van der Waals surface area (Å²) in [5.41, 5.74) is 9.22. The van der Waals surface area contributed by atoms with Crippen molar-refractivity contribution in [2.24, 2.45) is 0 Å². The third kappa shape index (κ3) is 2.66. The van der Waals surface area contributed by atoms with Crippen molar-refractivity contribution < 1.29 is 0 Å². The molecule has 3 aromatic carbocycles. The first-order chi connectivity index (χ1) is 12.6. The van der Waals surface area contributed by atoms with Crippen molar-refractivity contribution in [2.75, 3.05) is 0 Å². The van der Waals surface area contributed by atoms with Crippen LogP contribution in [0, 0.1) is 12.3 Å². The van der Waals surface area contributed by atoms with Crippen LogP contribution in [0.5, 0.6) is 0 Å². The average molecular weight is 355 g/mol. The van der Waals surface area contributed by atoms with E-state index in [1.54, 1.807) is 0 Å². The third-order valence-corrected chi connectivity index (χ3v) is 5.45. The first kappa shape index (κ1) is 16.7.